The van der Waals surface area contributed by atoms with E-state index in [1.54, 1.807) is 79.0 Å². The van der Waals surface area contributed by atoms with Crippen molar-refractivity contribution in [1.29, 1.82) is 0 Å². The van der Waals surface area contributed by atoms with E-state index in [0.29, 0.717) is 33.3 Å². The van der Waals surface area contributed by atoms with Crippen molar-refractivity contribution in [3.05, 3.63) is 114 Å². The molecule has 12 amide bonds. The number of hydrogen-bond acceptors (Lipinski definition) is 23. The van der Waals surface area contributed by atoms with Crippen LogP contribution in [0, 0.1) is 29.6 Å². The number of aliphatic hydroxyl groups excluding tert-OH is 1. The van der Waals surface area contributed by atoms with E-state index in [1.165, 1.54) is 6.92 Å². The summed E-state index contributed by atoms with van der Waals surface area (Å²) in [5.41, 5.74) is 33.2. The molecule has 642 valence electrons. The fourth-order valence-corrected chi connectivity index (χ4v) is 15.5. The number of carbonyl (C=O) groups excluding carboxylic acids is 17. The summed E-state index contributed by atoms with van der Waals surface area (Å²) in [6.07, 6.45) is -9.82. The van der Waals surface area contributed by atoms with Gasteiger partial charge in [-0.05, 0) is 96.9 Å². The summed E-state index contributed by atoms with van der Waals surface area (Å²) in [5, 5.41) is 41.6. The number of Topliss-reactive ketones (excluding diaryl/α,β-unsaturated/α-hetero) is 5. The Bertz CT molecular complexity index is 4550. The molecule has 22 N–H and O–H groups in total. The normalized spacial score (nSPS) is 19.9. The molecule has 7 rings (SSSR count). The SMILES string of the molecule is CC(=O)NC1CCSCC(C(=O)NC(Cc2ccc(OCCN)cc2)C(=O)CC(Cc2ccc3ccccc3c2)C(=O)NC2(C(=O)CC(CCC(=O)O)C(=O)NC(CC(N)=O)C(=O)CC(CC(N)=O)C(N)=O)CCOCC2)CC(=O)C(CCC(N)=O)NC(=O)C(Cc2c[nH]c3ccccc23)NC(=O)C(C(C)O)NC(=O)C(CCC(N)=O)CC1=O. The topological polar surface area (TPSA) is 622 Å². The van der Waals surface area contributed by atoms with Crippen LogP contribution in [0.3, 0.4) is 0 Å². The quantitative estimate of drug-likeness (QED) is 0.0231. The number of ketones is 5. The van der Waals surface area contributed by atoms with Crippen molar-refractivity contribution in [1.82, 2.24) is 42.2 Å². The largest absolute Gasteiger partial charge is 0.492 e. The van der Waals surface area contributed by atoms with E-state index < -0.39 is 260 Å². The van der Waals surface area contributed by atoms with Crippen LogP contribution in [0.1, 0.15) is 133 Å². The van der Waals surface area contributed by atoms with Gasteiger partial charge in [0.1, 0.15) is 30.0 Å². The number of ether oxygens (including phenoxy) is 2. The Kier molecular flexibility index (Phi) is 36.3. The molecule has 0 radical (unpaired) electrons. The third kappa shape index (κ3) is 29.6. The fourth-order valence-electron chi connectivity index (χ4n) is 14.3. The maximum Gasteiger partial charge on any atom is 0.303 e. The zero-order valence-corrected chi connectivity index (χ0v) is 67.1. The van der Waals surface area contributed by atoms with Crippen LogP contribution in [0.25, 0.3) is 21.7 Å². The average Bonchev–Trinajstić information content (AvgIpc) is 1.32. The number of amides is 12. The first-order valence-corrected chi connectivity index (χ1v) is 40.3. The molecule has 5 aromatic rings. The average molecular weight is 1670 g/mol. The van der Waals surface area contributed by atoms with Gasteiger partial charge in [0.05, 0.1) is 48.5 Å². The van der Waals surface area contributed by atoms with Gasteiger partial charge in [-0.3, -0.25) is 86.3 Å². The number of fused-ring (bicyclic) bond motifs is 2. The van der Waals surface area contributed by atoms with Crippen molar-refractivity contribution >= 4 is 139 Å². The highest BCUT2D eigenvalue weighted by molar-refractivity contribution is 7.99. The summed E-state index contributed by atoms with van der Waals surface area (Å²) < 4.78 is 11.4. The second-order valence-electron chi connectivity index (χ2n) is 30.2. The van der Waals surface area contributed by atoms with Crippen molar-refractivity contribution in [3.63, 3.8) is 0 Å². The fraction of sp³-hybridized carbons (Fsp3) is 0.488. The molecule has 12 atom stereocenters. The smallest absolute Gasteiger partial charge is 0.303 e. The summed E-state index contributed by atoms with van der Waals surface area (Å²) in [6, 6.07) is 16.0. The van der Waals surface area contributed by atoms with Crippen molar-refractivity contribution in [2.45, 2.75) is 184 Å². The molecule has 119 heavy (non-hydrogen) atoms. The number of primary amides is 5. The van der Waals surface area contributed by atoms with Crippen LogP contribution in [-0.2, 0) is 110 Å². The number of hydrogen-bond donors (Lipinski definition) is 16. The van der Waals surface area contributed by atoms with Gasteiger partial charge in [-0.2, -0.15) is 11.8 Å². The van der Waals surface area contributed by atoms with Crippen molar-refractivity contribution in [2.75, 3.05) is 37.9 Å². The number of aliphatic carboxylic acids is 1. The van der Waals surface area contributed by atoms with E-state index in [0.717, 1.165) is 29.5 Å². The van der Waals surface area contributed by atoms with Gasteiger partial charge < -0.3 is 96.3 Å². The monoisotopic (exact) mass is 1670 g/mol. The lowest BCUT2D eigenvalue weighted by Gasteiger charge is -2.38. The van der Waals surface area contributed by atoms with Gasteiger partial charge in [0.2, 0.25) is 70.9 Å². The number of H-pyrrole nitrogens is 1. The van der Waals surface area contributed by atoms with E-state index >= 15 is 28.8 Å². The molecule has 12 unspecified atom stereocenters. The van der Waals surface area contributed by atoms with Crippen molar-refractivity contribution in [2.24, 2.45) is 64.0 Å². The number of aromatic amines is 1. The third-order valence-electron chi connectivity index (χ3n) is 20.9. The van der Waals surface area contributed by atoms with Gasteiger partial charge in [0.25, 0.3) is 0 Å². The zero-order chi connectivity index (χ0) is 87.2. The van der Waals surface area contributed by atoms with Crippen molar-refractivity contribution in [3.8, 4) is 5.75 Å². The Hall–Kier alpha value is -11.8. The molecule has 4 aromatic carbocycles. The third-order valence-corrected chi connectivity index (χ3v) is 22.1. The summed E-state index contributed by atoms with van der Waals surface area (Å²) >= 11 is 1.02. The first-order valence-electron chi connectivity index (χ1n) is 39.2. The number of thioether (sulfide) groups is 1. The Morgan fingerprint density at radius 2 is 1.28 bits per heavy atom. The molecule has 2 aliphatic heterocycles. The van der Waals surface area contributed by atoms with Gasteiger partial charge in [0, 0.05) is 144 Å². The minimum atomic E-state index is -1.91. The first-order chi connectivity index (χ1) is 56.5. The molecular formula is C82H106N14O22S. The van der Waals surface area contributed by atoms with E-state index in [9.17, 15) is 67.7 Å². The highest BCUT2D eigenvalue weighted by atomic mass is 32.2. The van der Waals surface area contributed by atoms with Gasteiger partial charge >= 0.3 is 5.97 Å². The van der Waals surface area contributed by atoms with Gasteiger partial charge in [-0.25, -0.2) is 0 Å². The standard InChI is InChI=1S/C82H106N14O22S/c1-44(97)74-81(116)94-63(34-54-42-89-58-10-6-5-9-57(54)58)80(115)91-59(19-21-70(85)105)65(100)38-55(43-119-30-23-60(90-45(2)98)64(99)35-50(77(112)95-74)15-20-69(84)104)78(113)92-61(33-46-12-17-56(18-13-46)118-29-26-83)67(102)37-53(32-47-11-14-48-7-3-4-8-49(48)31-47)79(114)96-82(24-27-117-28-25-82)68(103)39-51(16-22-73(108)109)76(111)93-62(41-72(87)107)66(101)36-52(75(88)110)40-71(86)106/h3-14,17-18,31,42,44,50-53,55,59-63,74,89,97H,15-16,19-30,32-41,43,83H2,1-2H3,(H2,84,104)(H2,85,105)(H2,86,106)(H2,87,107)(H2,88,110)(H,90,98)(H,91,115)(H,92,113)(H,93,111)(H,94,116)(H,95,112)(H,96,114)(H,108,109). The van der Waals surface area contributed by atoms with Crippen LogP contribution in [0.5, 0.6) is 5.75 Å². The molecule has 2 saturated heterocycles. The van der Waals surface area contributed by atoms with Crippen LogP contribution in [-0.4, -0.2) is 207 Å². The molecular weight excluding hydrogens is 1570 g/mol. The number of carbonyl (C=O) groups is 18. The second-order valence-corrected chi connectivity index (χ2v) is 31.3. The maximum absolute atomic E-state index is 15.9. The number of carboxylic acids is 1. The maximum atomic E-state index is 15.9. The Labute approximate surface area is 689 Å². The first kappa shape index (κ1) is 94.3. The second kappa shape index (κ2) is 45.8. The minimum Gasteiger partial charge on any atom is -0.492 e. The molecule has 37 heteroatoms. The van der Waals surface area contributed by atoms with E-state index in [-0.39, 0.29) is 82.8 Å². The number of carboxylic acid groups (broad SMARTS) is 1. The van der Waals surface area contributed by atoms with Gasteiger partial charge in [-0.1, -0.05) is 72.8 Å². The summed E-state index contributed by atoms with van der Waals surface area (Å²) in [4.78, 5) is 254. The van der Waals surface area contributed by atoms with E-state index in [2.05, 4.69) is 42.2 Å². The number of benzene rings is 4. The number of aromatic nitrogens is 1. The predicted molar refractivity (Wildman–Crippen MR) is 432 cm³/mol. The molecule has 0 aliphatic carbocycles. The predicted octanol–water partition coefficient (Wildman–Crippen LogP) is -0.693. The highest BCUT2D eigenvalue weighted by Crippen LogP contribution is 2.31. The highest BCUT2D eigenvalue weighted by Gasteiger charge is 2.46. The number of nitrogens with two attached hydrogens (primary N) is 6. The Balaban J connectivity index is 1.30. The van der Waals surface area contributed by atoms with E-state index in [1.807, 2.05) is 18.2 Å². The lowest BCUT2D eigenvalue weighted by molar-refractivity contribution is -0.142. The number of para-hydroxylation sites is 1. The van der Waals surface area contributed by atoms with Crippen LogP contribution in [0.4, 0.5) is 0 Å². The molecule has 0 saturated carbocycles. The Morgan fingerprint density at radius 3 is 1.92 bits per heavy atom. The lowest BCUT2D eigenvalue weighted by Crippen LogP contribution is -2.59. The van der Waals surface area contributed by atoms with Gasteiger partial charge in [0.15, 0.2) is 28.9 Å². The molecule has 1 aromatic heterocycles. The minimum absolute atomic E-state index is 0.0630. The van der Waals surface area contributed by atoms with Gasteiger partial charge in [-0.15, -0.1) is 0 Å². The Morgan fingerprint density at radius 1 is 0.639 bits per heavy atom. The molecule has 36 nitrogen and oxygen atoms in total. The van der Waals surface area contributed by atoms with Crippen molar-refractivity contribution < 1.29 is 106 Å². The van der Waals surface area contributed by atoms with Crippen LogP contribution >= 0.6 is 11.8 Å². The lowest BCUT2D eigenvalue weighted by atomic mass is 9.79. The summed E-state index contributed by atoms with van der Waals surface area (Å²) in [7, 11) is 0. The molecule has 0 bridgehead atoms. The number of rotatable bonds is 40. The molecule has 3 heterocycles. The number of nitrogens with one attached hydrogen (secondary N) is 8. The molecule has 0 spiro atoms. The number of aliphatic hydroxyl groups is 1. The van der Waals surface area contributed by atoms with Crippen LogP contribution in [0.2, 0.25) is 0 Å². The molecule has 2 aliphatic rings. The zero-order valence-electron chi connectivity index (χ0n) is 66.3. The van der Waals surface area contributed by atoms with Crippen LogP contribution in [0.15, 0.2) is 97.2 Å². The summed E-state index contributed by atoms with van der Waals surface area (Å²) in [5.74, 6) is -24.7. The van der Waals surface area contributed by atoms with E-state index in [4.69, 9.17) is 43.9 Å². The summed E-state index contributed by atoms with van der Waals surface area (Å²) in [6.45, 7) is 2.28. The molecule has 2 fully saturated rings. The van der Waals surface area contributed by atoms with Crippen LogP contribution < -0.4 is 76.4 Å².